The molecule has 0 radical (unpaired) electrons. The minimum Gasteiger partial charge on any atom is -0.497 e. The molecule has 0 saturated carbocycles. The molecule has 0 spiro atoms. The molecule has 1 aliphatic rings. The van der Waals surface area contributed by atoms with Crippen molar-refractivity contribution in [3.8, 4) is 5.75 Å². The minimum absolute atomic E-state index is 0.202. The molecule has 1 aliphatic heterocycles. The van der Waals surface area contributed by atoms with Crippen LogP contribution in [0.4, 0.5) is 5.69 Å². The van der Waals surface area contributed by atoms with Crippen LogP contribution in [-0.4, -0.2) is 24.1 Å². The van der Waals surface area contributed by atoms with Crippen molar-refractivity contribution in [1.82, 2.24) is 0 Å². The van der Waals surface area contributed by atoms with E-state index in [1.165, 1.54) is 7.11 Å². The Balaban J connectivity index is 2.36. The second-order valence-corrected chi connectivity index (χ2v) is 3.61. The van der Waals surface area contributed by atoms with Gasteiger partial charge in [-0.15, -0.1) is 0 Å². The fourth-order valence-corrected chi connectivity index (χ4v) is 1.72. The molecule has 0 saturated heterocycles. The monoisotopic (exact) mass is 221 g/mol. The Kier molecular flexibility index (Phi) is 2.52. The Labute approximate surface area is 92.0 Å². The second kappa shape index (κ2) is 3.84. The molecule has 0 aliphatic carbocycles. The van der Waals surface area contributed by atoms with Crippen molar-refractivity contribution in [1.29, 1.82) is 0 Å². The Morgan fingerprint density at radius 2 is 2.31 bits per heavy atom. The molecule has 5 nitrogen and oxygen atoms in total. The van der Waals surface area contributed by atoms with E-state index < -0.39 is 17.8 Å². The minimum atomic E-state index is -1.11. The number of carbonyl (C=O) groups is 2. The number of carbonyl (C=O) groups excluding carboxylic acids is 1. The van der Waals surface area contributed by atoms with Gasteiger partial charge in [-0.1, -0.05) is 0 Å². The van der Waals surface area contributed by atoms with Crippen LogP contribution >= 0.6 is 0 Å². The van der Waals surface area contributed by atoms with E-state index in [1.54, 1.807) is 18.2 Å². The van der Waals surface area contributed by atoms with E-state index in [9.17, 15) is 9.59 Å². The SMILES string of the molecule is COc1ccc2c(c1)CC(C(=O)O)C(=O)N2. The molecule has 0 aromatic heterocycles. The van der Waals surface area contributed by atoms with E-state index in [0.717, 1.165) is 5.56 Å². The fraction of sp³-hybridized carbons (Fsp3) is 0.273. The van der Waals surface area contributed by atoms with Gasteiger partial charge in [0.25, 0.3) is 0 Å². The van der Waals surface area contributed by atoms with Gasteiger partial charge in [-0.05, 0) is 30.2 Å². The van der Waals surface area contributed by atoms with E-state index in [0.29, 0.717) is 11.4 Å². The molecule has 0 bridgehead atoms. The van der Waals surface area contributed by atoms with E-state index in [-0.39, 0.29) is 6.42 Å². The van der Waals surface area contributed by atoms with Crippen LogP contribution in [0, 0.1) is 5.92 Å². The first kappa shape index (κ1) is 10.5. The largest absolute Gasteiger partial charge is 0.497 e. The average Bonchev–Trinajstić information content (AvgIpc) is 2.27. The van der Waals surface area contributed by atoms with Crippen LogP contribution in [0.3, 0.4) is 0 Å². The van der Waals surface area contributed by atoms with Crippen molar-refractivity contribution in [2.45, 2.75) is 6.42 Å². The number of hydrogen-bond acceptors (Lipinski definition) is 3. The lowest BCUT2D eigenvalue weighted by Crippen LogP contribution is -2.35. The van der Waals surface area contributed by atoms with E-state index in [2.05, 4.69) is 5.32 Å². The summed E-state index contributed by atoms with van der Waals surface area (Å²) in [5.41, 5.74) is 1.44. The molecule has 2 rings (SSSR count). The molecule has 16 heavy (non-hydrogen) atoms. The van der Waals surface area contributed by atoms with E-state index in [4.69, 9.17) is 9.84 Å². The summed E-state index contributed by atoms with van der Waals surface area (Å²) in [4.78, 5) is 22.3. The van der Waals surface area contributed by atoms with Gasteiger partial charge in [-0.2, -0.15) is 0 Å². The molecule has 1 unspecified atom stereocenters. The summed E-state index contributed by atoms with van der Waals surface area (Å²) in [5.74, 6) is -1.94. The average molecular weight is 221 g/mol. The lowest BCUT2D eigenvalue weighted by atomic mass is 9.93. The number of ether oxygens (including phenoxy) is 1. The predicted octanol–water partition coefficient (Wildman–Crippen LogP) is 0.891. The van der Waals surface area contributed by atoms with Gasteiger partial charge >= 0.3 is 5.97 Å². The number of carboxylic acid groups (broad SMARTS) is 1. The number of carboxylic acids is 1. The number of amides is 1. The number of hydrogen-bond donors (Lipinski definition) is 2. The zero-order chi connectivity index (χ0) is 11.7. The third kappa shape index (κ3) is 1.71. The van der Waals surface area contributed by atoms with Crippen LogP contribution in [0.1, 0.15) is 5.56 Å². The number of nitrogens with one attached hydrogen (secondary N) is 1. The first-order valence-corrected chi connectivity index (χ1v) is 4.82. The summed E-state index contributed by atoms with van der Waals surface area (Å²) < 4.78 is 5.04. The van der Waals surface area contributed by atoms with Crippen molar-refractivity contribution < 1.29 is 19.4 Å². The second-order valence-electron chi connectivity index (χ2n) is 3.61. The van der Waals surface area contributed by atoms with Crippen molar-refractivity contribution in [2.24, 2.45) is 5.92 Å². The normalized spacial score (nSPS) is 18.6. The lowest BCUT2D eigenvalue weighted by molar-refractivity contribution is -0.145. The third-order valence-corrected chi connectivity index (χ3v) is 2.61. The molecular weight excluding hydrogens is 210 g/mol. The quantitative estimate of drug-likeness (QED) is 0.727. The molecule has 1 aromatic rings. The van der Waals surface area contributed by atoms with Gasteiger partial charge in [-0.25, -0.2) is 0 Å². The zero-order valence-corrected chi connectivity index (χ0v) is 8.69. The highest BCUT2D eigenvalue weighted by molar-refractivity contribution is 6.06. The van der Waals surface area contributed by atoms with Gasteiger partial charge in [0.05, 0.1) is 7.11 Å². The van der Waals surface area contributed by atoms with Crippen LogP contribution in [-0.2, 0) is 16.0 Å². The number of benzene rings is 1. The summed E-state index contributed by atoms with van der Waals surface area (Å²) in [6.07, 6.45) is 0.202. The van der Waals surface area contributed by atoms with Crippen molar-refractivity contribution in [3.63, 3.8) is 0 Å². The number of aliphatic carboxylic acids is 1. The maximum Gasteiger partial charge on any atom is 0.316 e. The maximum absolute atomic E-state index is 11.4. The highest BCUT2D eigenvalue weighted by Crippen LogP contribution is 2.29. The van der Waals surface area contributed by atoms with Crippen LogP contribution in [0.15, 0.2) is 18.2 Å². The first-order chi connectivity index (χ1) is 7.61. The Morgan fingerprint density at radius 1 is 1.56 bits per heavy atom. The standard InChI is InChI=1S/C11H11NO4/c1-16-7-2-3-9-6(4-7)5-8(11(14)15)10(13)12-9/h2-4,8H,5H2,1H3,(H,12,13)(H,14,15). The molecule has 2 N–H and O–H groups in total. The molecule has 1 heterocycles. The maximum atomic E-state index is 11.4. The van der Waals surface area contributed by atoms with Crippen molar-refractivity contribution >= 4 is 17.6 Å². The summed E-state index contributed by atoms with van der Waals surface area (Å²) in [5, 5.41) is 11.4. The van der Waals surface area contributed by atoms with E-state index in [1.807, 2.05) is 0 Å². The predicted molar refractivity (Wildman–Crippen MR) is 56.5 cm³/mol. The van der Waals surface area contributed by atoms with Crippen LogP contribution < -0.4 is 10.1 Å². The number of rotatable bonds is 2. The summed E-state index contributed by atoms with van der Waals surface area (Å²) in [7, 11) is 1.54. The van der Waals surface area contributed by atoms with Gasteiger partial charge in [0.15, 0.2) is 0 Å². The first-order valence-electron chi connectivity index (χ1n) is 4.82. The molecule has 1 amide bonds. The molecule has 0 fully saturated rings. The fourth-order valence-electron chi connectivity index (χ4n) is 1.72. The van der Waals surface area contributed by atoms with Crippen LogP contribution in [0.25, 0.3) is 0 Å². The lowest BCUT2D eigenvalue weighted by Gasteiger charge is -2.22. The number of anilines is 1. The van der Waals surface area contributed by atoms with Gasteiger partial charge in [0.1, 0.15) is 11.7 Å². The van der Waals surface area contributed by atoms with Gasteiger partial charge in [0.2, 0.25) is 5.91 Å². The topological polar surface area (TPSA) is 75.6 Å². The molecular formula is C11H11NO4. The number of fused-ring (bicyclic) bond motifs is 1. The van der Waals surface area contributed by atoms with Crippen molar-refractivity contribution in [3.05, 3.63) is 23.8 Å². The summed E-state index contributed by atoms with van der Waals surface area (Å²) >= 11 is 0. The summed E-state index contributed by atoms with van der Waals surface area (Å²) in [6.45, 7) is 0. The Morgan fingerprint density at radius 3 is 2.94 bits per heavy atom. The highest BCUT2D eigenvalue weighted by atomic mass is 16.5. The van der Waals surface area contributed by atoms with Gasteiger partial charge < -0.3 is 15.2 Å². The molecule has 84 valence electrons. The van der Waals surface area contributed by atoms with E-state index >= 15 is 0 Å². The van der Waals surface area contributed by atoms with Gasteiger partial charge in [0, 0.05) is 5.69 Å². The Hall–Kier alpha value is -2.04. The molecule has 1 aromatic carbocycles. The Bertz CT molecular complexity index is 455. The zero-order valence-electron chi connectivity index (χ0n) is 8.69. The molecule has 5 heteroatoms. The number of methoxy groups -OCH3 is 1. The smallest absolute Gasteiger partial charge is 0.316 e. The third-order valence-electron chi connectivity index (χ3n) is 2.61. The van der Waals surface area contributed by atoms with Gasteiger partial charge in [-0.3, -0.25) is 9.59 Å². The summed E-state index contributed by atoms with van der Waals surface area (Å²) in [6, 6.07) is 5.18. The van der Waals surface area contributed by atoms with Crippen LogP contribution in [0.5, 0.6) is 5.75 Å². The highest BCUT2D eigenvalue weighted by Gasteiger charge is 2.31. The van der Waals surface area contributed by atoms with Crippen LogP contribution in [0.2, 0.25) is 0 Å². The van der Waals surface area contributed by atoms with Crippen molar-refractivity contribution in [2.75, 3.05) is 12.4 Å². The molecule has 1 atom stereocenters.